The summed E-state index contributed by atoms with van der Waals surface area (Å²) in [5, 5.41) is 13.6. The molecule has 2 amide bonds. The fraction of sp³-hybridized carbons (Fsp3) is 0.786. The predicted octanol–water partition coefficient (Wildman–Crippen LogP) is 1.05. The van der Waals surface area contributed by atoms with E-state index in [1.807, 2.05) is 0 Å². The Morgan fingerprint density at radius 1 is 1.00 bits per heavy atom. The van der Waals surface area contributed by atoms with E-state index in [4.69, 9.17) is 5.11 Å². The van der Waals surface area contributed by atoms with Crippen LogP contribution in [0.25, 0.3) is 0 Å². The van der Waals surface area contributed by atoms with Crippen molar-refractivity contribution >= 4 is 17.8 Å². The van der Waals surface area contributed by atoms with Crippen molar-refractivity contribution in [3.63, 3.8) is 0 Å². The highest BCUT2D eigenvalue weighted by Gasteiger charge is 2.17. The van der Waals surface area contributed by atoms with Crippen molar-refractivity contribution in [3.05, 3.63) is 0 Å². The first-order valence-corrected chi connectivity index (χ1v) is 7.33. The molecule has 6 heteroatoms. The number of aliphatic carboxylic acids is 1. The number of carbonyl (C=O) groups is 3. The zero-order valence-electron chi connectivity index (χ0n) is 11.8. The molecule has 0 aromatic heterocycles. The Morgan fingerprint density at radius 2 is 1.70 bits per heavy atom. The van der Waals surface area contributed by atoms with Crippen LogP contribution in [0.5, 0.6) is 0 Å². The molecule has 20 heavy (non-hydrogen) atoms. The molecule has 1 rings (SSSR count). The third-order valence-electron chi connectivity index (χ3n) is 3.53. The molecule has 0 bridgehead atoms. The van der Waals surface area contributed by atoms with Crippen LogP contribution in [0.2, 0.25) is 0 Å². The topological polar surface area (TPSA) is 95.5 Å². The molecule has 3 N–H and O–H groups in total. The molecule has 0 aliphatic heterocycles. The fourth-order valence-electron chi connectivity index (χ4n) is 2.43. The van der Waals surface area contributed by atoms with Crippen molar-refractivity contribution in [2.45, 2.75) is 51.4 Å². The Labute approximate surface area is 119 Å². The van der Waals surface area contributed by atoms with E-state index in [2.05, 4.69) is 10.6 Å². The maximum Gasteiger partial charge on any atom is 0.303 e. The molecule has 0 spiro atoms. The highest BCUT2D eigenvalue weighted by atomic mass is 16.4. The lowest BCUT2D eigenvalue weighted by molar-refractivity contribution is -0.137. The number of rotatable bonds is 8. The summed E-state index contributed by atoms with van der Waals surface area (Å²) in [5.74, 6) is -0.757. The van der Waals surface area contributed by atoms with Crippen LogP contribution in [0.4, 0.5) is 0 Å². The summed E-state index contributed by atoms with van der Waals surface area (Å²) in [5.41, 5.74) is 0. The van der Waals surface area contributed by atoms with E-state index in [1.54, 1.807) is 0 Å². The molecule has 0 radical (unpaired) electrons. The predicted molar refractivity (Wildman–Crippen MR) is 74.1 cm³/mol. The van der Waals surface area contributed by atoms with Gasteiger partial charge in [0.1, 0.15) is 0 Å². The Kier molecular flexibility index (Phi) is 7.69. The monoisotopic (exact) mass is 284 g/mol. The first-order valence-electron chi connectivity index (χ1n) is 7.33. The van der Waals surface area contributed by atoms with Crippen LogP contribution in [-0.4, -0.2) is 36.0 Å². The Bertz CT molecular complexity index is 338. The number of hydrogen-bond acceptors (Lipinski definition) is 3. The van der Waals surface area contributed by atoms with Crippen LogP contribution in [0, 0.1) is 5.92 Å². The molecular formula is C14H24N2O4. The molecule has 114 valence electrons. The van der Waals surface area contributed by atoms with Gasteiger partial charge in [-0.1, -0.05) is 19.3 Å². The van der Waals surface area contributed by atoms with E-state index in [-0.39, 0.29) is 24.8 Å². The number of carbonyl (C=O) groups excluding carboxylic acids is 2. The van der Waals surface area contributed by atoms with Gasteiger partial charge in [-0.25, -0.2) is 0 Å². The average molecular weight is 284 g/mol. The van der Waals surface area contributed by atoms with Crippen molar-refractivity contribution in [1.29, 1.82) is 0 Å². The smallest absolute Gasteiger partial charge is 0.303 e. The standard InChI is InChI=1S/C14H24N2O4/c17-12(9-11-5-2-1-3-6-11)16-10-13(18)15-8-4-7-14(19)20/h11H,1-10H2,(H,15,18)(H,16,17)(H,19,20). The van der Waals surface area contributed by atoms with E-state index in [0.717, 1.165) is 12.8 Å². The zero-order chi connectivity index (χ0) is 14.8. The molecule has 1 aliphatic carbocycles. The second-order valence-corrected chi connectivity index (χ2v) is 5.33. The maximum atomic E-state index is 11.7. The second kappa shape index (κ2) is 9.34. The van der Waals surface area contributed by atoms with Gasteiger partial charge in [-0.2, -0.15) is 0 Å². The number of amides is 2. The van der Waals surface area contributed by atoms with Gasteiger partial charge < -0.3 is 15.7 Å². The van der Waals surface area contributed by atoms with Gasteiger partial charge in [-0.05, 0) is 25.2 Å². The molecule has 6 nitrogen and oxygen atoms in total. The van der Waals surface area contributed by atoms with Gasteiger partial charge in [-0.3, -0.25) is 14.4 Å². The average Bonchev–Trinajstić information content (AvgIpc) is 2.42. The summed E-state index contributed by atoms with van der Waals surface area (Å²) >= 11 is 0. The largest absolute Gasteiger partial charge is 0.481 e. The SMILES string of the molecule is O=C(O)CCCNC(=O)CNC(=O)CC1CCCCC1. The third-order valence-corrected chi connectivity index (χ3v) is 3.53. The van der Waals surface area contributed by atoms with E-state index < -0.39 is 5.97 Å². The number of hydrogen-bond donors (Lipinski definition) is 3. The van der Waals surface area contributed by atoms with Gasteiger partial charge in [0.25, 0.3) is 0 Å². The van der Waals surface area contributed by atoms with Gasteiger partial charge in [0, 0.05) is 19.4 Å². The number of nitrogens with one attached hydrogen (secondary N) is 2. The summed E-state index contributed by atoms with van der Waals surface area (Å²) in [6.07, 6.45) is 6.81. The zero-order valence-corrected chi connectivity index (χ0v) is 11.8. The summed E-state index contributed by atoms with van der Waals surface area (Å²) in [6, 6.07) is 0. The first-order chi connectivity index (χ1) is 9.58. The minimum atomic E-state index is -0.875. The quantitative estimate of drug-likeness (QED) is 0.581. The number of carboxylic acids is 1. The van der Waals surface area contributed by atoms with Crippen molar-refractivity contribution in [1.82, 2.24) is 10.6 Å². The van der Waals surface area contributed by atoms with Gasteiger partial charge in [0.2, 0.25) is 11.8 Å². The van der Waals surface area contributed by atoms with Crippen molar-refractivity contribution in [3.8, 4) is 0 Å². The highest BCUT2D eigenvalue weighted by molar-refractivity contribution is 5.84. The van der Waals surface area contributed by atoms with E-state index in [1.165, 1.54) is 19.3 Å². The molecule has 0 unspecified atom stereocenters. The lowest BCUT2D eigenvalue weighted by Crippen LogP contribution is -2.38. The van der Waals surface area contributed by atoms with Crippen molar-refractivity contribution < 1.29 is 19.5 Å². The highest BCUT2D eigenvalue weighted by Crippen LogP contribution is 2.25. The molecule has 1 aliphatic rings. The van der Waals surface area contributed by atoms with Gasteiger partial charge in [-0.15, -0.1) is 0 Å². The van der Waals surface area contributed by atoms with Crippen molar-refractivity contribution in [2.75, 3.05) is 13.1 Å². The van der Waals surface area contributed by atoms with Crippen LogP contribution in [0.3, 0.4) is 0 Å². The fourth-order valence-corrected chi connectivity index (χ4v) is 2.43. The minimum absolute atomic E-state index is 0.0291. The Balaban J connectivity index is 2.04. The normalized spacial score (nSPS) is 15.6. The molecule has 0 heterocycles. The molecule has 0 saturated heterocycles. The summed E-state index contributed by atoms with van der Waals surface area (Å²) < 4.78 is 0. The van der Waals surface area contributed by atoms with Crippen LogP contribution in [-0.2, 0) is 14.4 Å². The molecule has 1 saturated carbocycles. The van der Waals surface area contributed by atoms with Crippen LogP contribution < -0.4 is 10.6 Å². The van der Waals surface area contributed by atoms with Gasteiger partial charge >= 0.3 is 5.97 Å². The molecule has 1 fully saturated rings. The van der Waals surface area contributed by atoms with Crippen LogP contribution in [0.15, 0.2) is 0 Å². The Hall–Kier alpha value is -1.59. The van der Waals surface area contributed by atoms with Crippen LogP contribution in [0.1, 0.15) is 51.4 Å². The minimum Gasteiger partial charge on any atom is -0.481 e. The number of carboxylic acid groups (broad SMARTS) is 1. The lowest BCUT2D eigenvalue weighted by atomic mass is 9.87. The maximum absolute atomic E-state index is 11.7. The second-order valence-electron chi connectivity index (χ2n) is 5.33. The van der Waals surface area contributed by atoms with Gasteiger partial charge in [0.05, 0.1) is 6.54 Å². The lowest BCUT2D eigenvalue weighted by Gasteiger charge is -2.20. The van der Waals surface area contributed by atoms with Crippen molar-refractivity contribution in [2.24, 2.45) is 5.92 Å². The van der Waals surface area contributed by atoms with E-state index >= 15 is 0 Å². The summed E-state index contributed by atoms with van der Waals surface area (Å²) in [6.45, 7) is 0.294. The Morgan fingerprint density at radius 3 is 2.35 bits per heavy atom. The van der Waals surface area contributed by atoms with Crippen LogP contribution >= 0.6 is 0 Å². The third kappa shape index (κ3) is 7.76. The summed E-state index contributed by atoms with van der Waals surface area (Å²) in [4.78, 5) is 33.4. The molecule has 0 aromatic rings. The van der Waals surface area contributed by atoms with E-state index in [0.29, 0.717) is 25.3 Å². The summed E-state index contributed by atoms with van der Waals surface area (Å²) in [7, 11) is 0. The van der Waals surface area contributed by atoms with E-state index in [9.17, 15) is 14.4 Å². The molecular weight excluding hydrogens is 260 g/mol. The molecule has 0 aromatic carbocycles. The van der Waals surface area contributed by atoms with Gasteiger partial charge in [0.15, 0.2) is 0 Å². The molecule has 0 atom stereocenters. The first kappa shape index (κ1) is 16.5.